The van der Waals surface area contributed by atoms with Gasteiger partial charge in [-0.2, -0.15) is 0 Å². The lowest BCUT2D eigenvalue weighted by atomic mass is 10.1. The van der Waals surface area contributed by atoms with Crippen molar-refractivity contribution in [1.82, 2.24) is 10.2 Å². The highest BCUT2D eigenvalue weighted by Crippen LogP contribution is 2.39. The van der Waals surface area contributed by atoms with Crippen molar-refractivity contribution in [3.8, 4) is 11.5 Å². The number of rotatable bonds is 3. The Morgan fingerprint density at radius 3 is 2.81 bits per heavy atom. The van der Waals surface area contributed by atoms with E-state index in [2.05, 4.69) is 26.1 Å². The zero-order chi connectivity index (χ0) is 14.7. The van der Waals surface area contributed by atoms with Gasteiger partial charge >= 0.3 is 0 Å². The number of fused-ring (bicyclic) bond motifs is 1. The smallest absolute Gasteiger partial charge is 0.167 e. The Morgan fingerprint density at radius 1 is 1.24 bits per heavy atom. The molecule has 2 aliphatic rings. The molecule has 6 heteroatoms. The fraction of sp³-hybridized carbons (Fsp3) is 0.600. The van der Waals surface area contributed by atoms with Crippen molar-refractivity contribution in [3.05, 3.63) is 21.9 Å². The minimum atomic E-state index is -0.227. The molecule has 0 saturated carbocycles. The van der Waals surface area contributed by atoms with Gasteiger partial charge < -0.3 is 19.7 Å². The molecule has 116 valence electrons. The molecule has 1 N–H and O–H groups in total. The standard InChI is InChI=1S/C15H20BrFN2O2/c16-12-10-13-15(21-9-1-8-20-13)11(14(12)17)2-5-19-6-3-18-4-7-19/h10,18H,1-9H2. The van der Waals surface area contributed by atoms with E-state index in [1.807, 2.05) is 0 Å². The normalized spacial score (nSPS) is 19.3. The van der Waals surface area contributed by atoms with Crippen LogP contribution in [0, 0.1) is 5.82 Å². The average Bonchev–Trinajstić information content (AvgIpc) is 2.74. The van der Waals surface area contributed by atoms with Gasteiger partial charge in [0.2, 0.25) is 0 Å². The number of nitrogens with one attached hydrogen (secondary N) is 1. The topological polar surface area (TPSA) is 33.7 Å². The molecule has 3 rings (SSSR count). The van der Waals surface area contributed by atoms with E-state index < -0.39 is 0 Å². The monoisotopic (exact) mass is 358 g/mol. The first kappa shape index (κ1) is 15.1. The lowest BCUT2D eigenvalue weighted by Crippen LogP contribution is -2.44. The van der Waals surface area contributed by atoms with E-state index in [-0.39, 0.29) is 5.82 Å². The van der Waals surface area contributed by atoms with Crippen molar-refractivity contribution >= 4 is 15.9 Å². The Balaban J connectivity index is 1.80. The van der Waals surface area contributed by atoms with Crippen LogP contribution in [0.3, 0.4) is 0 Å². The first-order chi connectivity index (χ1) is 10.3. The molecule has 1 fully saturated rings. The van der Waals surface area contributed by atoms with Crippen molar-refractivity contribution in [2.75, 3.05) is 45.9 Å². The number of piperazine rings is 1. The molecule has 0 aliphatic carbocycles. The van der Waals surface area contributed by atoms with Crippen LogP contribution in [-0.2, 0) is 6.42 Å². The third-order valence-corrected chi connectivity index (χ3v) is 4.49. The summed E-state index contributed by atoms with van der Waals surface area (Å²) >= 11 is 3.28. The second-order valence-corrected chi connectivity index (χ2v) is 6.22. The molecule has 0 amide bonds. The van der Waals surface area contributed by atoms with E-state index in [1.54, 1.807) is 6.07 Å². The molecule has 1 saturated heterocycles. The summed E-state index contributed by atoms with van der Waals surface area (Å²) in [6.07, 6.45) is 1.46. The summed E-state index contributed by atoms with van der Waals surface area (Å²) in [7, 11) is 0. The molecule has 21 heavy (non-hydrogen) atoms. The second kappa shape index (κ2) is 6.94. The number of nitrogens with zero attached hydrogens (tertiary/aromatic N) is 1. The molecule has 0 aromatic heterocycles. The van der Waals surface area contributed by atoms with E-state index in [1.165, 1.54) is 0 Å². The highest BCUT2D eigenvalue weighted by molar-refractivity contribution is 9.10. The minimum Gasteiger partial charge on any atom is -0.490 e. The molecular weight excluding hydrogens is 339 g/mol. The Bertz CT molecular complexity index is 507. The van der Waals surface area contributed by atoms with Crippen LogP contribution >= 0.6 is 15.9 Å². The molecule has 1 aromatic carbocycles. The Kier molecular flexibility index (Phi) is 4.98. The number of hydrogen-bond donors (Lipinski definition) is 1. The third kappa shape index (κ3) is 3.49. The SMILES string of the molecule is Fc1c(Br)cc2c(c1CCN1CCNCC1)OCCCO2. The number of hydrogen-bond acceptors (Lipinski definition) is 4. The van der Waals surface area contributed by atoms with Gasteiger partial charge in [-0.3, -0.25) is 0 Å². The van der Waals surface area contributed by atoms with Gasteiger partial charge in [-0.1, -0.05) is 0 Å². The average molecular weight is 359 g/mol. The Hall–Kier alpha value is -0.850. The Labute approximate surface area is 132 Å². The molecule has 2 aliphatic heterocycles. The lowest BCUT2D eigenvalue weighted by molar-refractivity contribution is 0.241. The predicted octanol–water partition coefficient (Wildman–Crippen LogP) is 2.20. The van der Waals surface area contributed by atoms with Crippen LogP contribution in [0.5, 0.6) is 11.5 Å². The molecular formula is C15H20BrFN2O2. The second-order valence-electron chi connectivity index (χ2n) is 5.37. The lowest BCUT2D eigenvalue weighted by Gasteiger charge is -2.27. The van der Waals surface area contributed by atoms with Crippen molar-refractivity contribution in [1.29, 1.82) is 0 Å². The van der Waals surface area contributed by atoms with Crippen molar-refractivity contribution < 1.29 is 13.9 Å². The van der Waals surface area contributed by atoms with E-state index >= 15 is 0 Å². The molecule has 0 spiro atoms. The maximum Gasteiger partial charge on any atom is 0.167 e. The fourth-order valence-electron chi connectivity index (χ4n) is 2.75. The van der Waals surface area contributed by atoms with Gasteiger partial charge in [0.05, 0.1) is 17.7 Å². The summed E-state index contributed by atoms with van der Waals surface area (Å²) in [5.41, 5.74) is 0.625. The zero-order valence-corrected chi connectivity index (χ0v) is 13.5. The van der Waals surface area contributed by atoms with Gasteiger partial charge in [0.15, 0.2) is 11.5 Å². The molecule has 2 heterocycles. The van der Waals surface area contributed by atoms with Crippen LogP contribution in [0.25, 0.3) is 0 Å². The summed E-state index contributed by atoms with van der Waals surface area (Å²) in [6, 6.07) is 1.67. The van der Waals surface area contributed by atoms with E-state index in [9.17, 15) is 4.39 Å². The highest BCUT2D eigenvalue weighted by Gasteiger charge is 2.22. The predicted molar refractivity (Wildman–Crippen MR) is 82.7 cm³/mol. The van der Waals surface area contributed by atoms with Crippen LogP contribution in [0.1, 0.15) is 12.0 Å². The third-order valence-electron chi connectivity index (χ3n) is 3.91. The van der Waals surface area contributed by atoms with Crippen LogP contribution < -0.4 is 14.8 Å². The molecule has 0 unspecified atom stereocenters. The van der Waals surface area contributed by atoms with Gasteiger partial charge in [0.25, 0.3) is 0 Å². The van der Waals surface area contributed by atoms with Crippen LogP contribution in [0.2, 0.25) is 0 Å². The van der Waals surface area contributed by atoms with Crippen molar-refractivity contribution in [2.24, 2.45) is 0 Å². The van der Waals surface area contributed by atoms with Gasteiger partial charge in [0, 0.05) is 50.8 Å². The maximum absolute atomic E-state index is 14.5. The summed E-state index contributed by atoms with van der Waals surface area (Å²) in [5.74, 6) is 1.01. The quantitative estimate of drug-likeness (QED) is 0.897. The number of ether oxygens (including phenoxy) is 2. The van der Waals surface area contributed by atoms with E-state index in [4.69, 9.17) is 9.47 Å². The minimum absolute atomic E-state index is 0.227. The van der Waals surface area contributed by atoms with Gasteiger partial charge in [0.1, 0.15) is 5.82 Å². The fourth-order valence-corrected chi connectivity index (χ4v) is 3.19. The van der Waals surface area contributed by atoms with Crippen LogP contribution in [0.4, 0.5) is 4.39 Å². The van der Waals surface area contributed by atoms with Crippen LogP contribution in [0.15, 0.2) is 10.5 Å². The number of halogens is 2. The van der Waals surface area contributed by atoms with Gasteiger partial charge in [-0.05, 0) is 22.4 Å². The maximum atomic E-state index is 14.5. The number of benzene rings is 1. The van der Waals surface area contributed by atoms with E-state index in [0.29, 0.717) is 41.2 Å². The van der Waals surface area contributed by atoms with Gasteiger partial charge in [-0.15, -0.1) is 0 Å². The molecule has 0 radical (unpaired) electrons. The summed E-state index contributed by atoms with van der Waals surface area (Å²) in [6.45, 7) is 6.05. The first-order valence-electron chi connectivity index (χ1n) is 7.45. The van der Waals surface area contributed by atoms with Gasteiger partial charge in [-0.25, -0.2) is 4.39 Å². The van der Waals surface area contributed by atoms with Crippen molar-refractivity contribution in [2.45, 2.75) is 12.8 Å². The molecule has 1 aromatic rings. The van der Waals surface area contributed by atoms with Crippen LogP contribution in [-0.4, -0.2) is 50.8 Å². The molecule has 0 atom stereocenters. The van der Waals surface area contributed by atoms with E-state index in [0.717, 1.165) is 39.1 Å². The summed E-state index contributed by atoms with van der Waals surface area (Å²) in [4.78, 5) is 2.35. The first-order valence-corrected chi connectivity index (χ1v) is 8.24. The summed E-state index contributed by atoms with van der Waals surface area (Å²) in [5, 5.41) is 3.32. The molecule has 0 bridgehead atoms. The summed E-state index contributed by atoms with van der Waals surface area (Å²) < 4.78 is 26.3. The molecule has 4 nitrogen and oxygen atoms in total. The zero-order valence-electron chi connectivity index (χ0n) is 12.0. The largest absolute Gasteiger partial charge is 0.490 e. The highest BCUT2D eigenvalue weighted by atomic mass is 79.9. The van der Waals surface area contributed by atoms with Crippen molar-refractivity contribution in [3.63, 3.8) is 0 Å². The Morgan fingerprint density at radius 2 is 2.00 bits per heavy atom.